The van der Waals surface area contributed by atoms with Crippen molar-refractivity contribution in [1.29, 1.82) is 0 Å². The molecule has 106 valence electrons. The van der Waals surface area contributed by atoms with Gasteiger partial charge in [-0.1, -0.05) is 23.9 Å². The number of rotatable bonds is 4. The van der Waals surface area contributed by atoms with Crippen LogP contribution in [0.3, 0.4) is 0 Å². The Morgan fingerprint density at radius 1 is 1.33 bits per heavy atom. The van der Waals surface area contributed by atoms with Gasteiger partial charge in [0.2, 0.25) is 0 Å². The molecule has 3 aromatic rings. The molecule has 1 amide bonds. The summed E-state index contributed by atoms with van der Waals surface area (Å²) in [5, 5.41) is 2.81. The summed E-state index contributed by atoms with van der Waals surface area (Å²) in [6.07, 6.45) is 1.77. The summed E-state index contributed by atoms with van der Waals surface area (Å²) in [4.78, 5) is 19.4. The third kappa shape index (κ3) is 3.81. The quantitative estimate of drug-likeness (QED) is 0.703. The number of benzene rings is 1. The topological polar surface area (TPSA) is 56.1 Å². The zero-order chi connectivity index (χ0) is 14.7. The molecule has 0 aliphatic carbocycles. The van der Waals surface area contributed by atoms with Crippen molar-refractivity contribution < 1.29 is 9.78 Å². The SMILES string of the molecule is O=C(CSc1nc2ccccc2s1)Nc1ccc(Br)c[nH+]1. The van der Waals surface area contributed by atoms with E-state index in [0.717, 1.165) is 19.0 Å². The number of amides is 1. The average molecular weight is 381 g/mol. The Hall–Kier alpha value is -1.44. The number of aromatic amines is 1. The van der Waals surface area contributed by atoms with E-state index >= 15 is 0 Å². The van der Waals surface area contributed by atoms with Crippen molar-refractivity contribution in [1.82, 2.24) is 4.98 Å². The summed E-state index contributed by atoms with van der Waals surface area (Å²) in [6, 6.07) is 11.6. The molecule has 0 saturated carbocycles. The standard InChI is InChI=1S/C14H10BrN3OS2/c15-9-5-6-12(16-7-9)18-13(19)8-20-14-17-10-3-1-2-4-11(10)21-14/h1-7H,8H2,(H,16,18,19)/p+1. The molecule has 3 rings (SSSR count). The van der Waals surface area contributed by atoms with Crippen molar-refractivity contribution in [2.75, 3.05) is 11.1 Å². The van der Waals surface area contributed by atoms with Crippen molar-refractivity contribution in [3.05, 3.63) is 47.1 Å². The summed E-state index contributed by atoms with van der Waals surface area (Å²) in [6.45, 7) is 0. The van der Waals surface area contributed by atoms with E-state index in [1.165, 1.54) is 11.8 Å². The third-order valence-electron chi connectivity index (χ3n) is 2.65. The number of carbonyl (C=O) groups is 1. The monoisotopic (exact) mass is 380 g/mol. The predicted molar refractivity (Wildman–Crippen MR) is 89.7 cm³/mol. The average Bonchev–Trinajstić information content (AvgIpc) is 2.90. The number of hydrogen-bond acceptors (Lipinski definition) is 4. The van der Waals surface area contributed by atoms with Gasteiger partial charge in [0.1, 0.15) is 11.9 Å². The van der Waals surface area contributed by atoms with Crippen molar-refractivity contribution in [2.45, 2.75) is 4.34 Å². The Kier molecular flexibility index (Phi) is 4.52. The fourth-order valence-electron chi connectivity index (χ4n) is 1.71. The van der Waals surface area contributed by atoms with Crippen LogP contribution in [0.25, 0.3) is 10.2 Å². The largest absolute Gasteiger partial charge is 0.317 e. The molecule has 4 nitrogen and oxygen atoms in total. The van der Waals surface area contributed by atoms with Crippen molar-refractivity contribution in [3.63, 3.8) is 0 Å². The van der Waals surface area contributed by atoms with Crippen LogP contribution in [0.4, 0.5) is 5.82 Å². The third-order valence-corrected chi connectivity index (χ3v) is 5.32. The van der Waals surface area contributed by atoms with Crippen LogP contribution in [-0.4, -0.2) is 16.6 Å². The number of thiazole rings is 1. The number of nitrogens with zero attached hydrogens (tertiary/aromatic N) is 1. The minimum Gasteiger partial charge on any atom is -0.246 e. The smallest absolute Gasteiger partial charge is 0.246 e. The maximum absolute atomic E-state index is 11.9. The van der Waals surface area contributed by atoms with E-state index in [4.69, 9.17) is 0 Å². The van der Waals surface area contributed by atoms with Crippen LogP contribution in [0, 0.1) is 0 Å². The summed E-state index contributed by atoms with van der Waals surface area (Å²) in [5.41, 5.74) is 0.978. The Morgan fingerprint density at radius 2 is 2.19 bits per heavy atom. The van der Waals surface area contributed by atoms with E-state index in [-0.39, 0.29) is 5.91 Å². The zero-order valence-corrected chi connectivity index (χ0v) is 14.0. The van der Waals surface area contributed by atoms with E-state index in [1.54, 1.807) is 17.5 Å². The van der Waals surface area contributed by atoms with E-state index in [0.29, 0.717) is 11.6 Å². The number of halogens is 1. The normalized spacial score (nSPS) is 10.7. The first kappa shape index (κ1) is 14.5. The number of aromatic nitrogens is 2. The van der Waals surface area contributed by atoms with E-state index in [2.05, 4.69) is 31.2 Å². The maximum atomic E-state index is 11.9. The molecule has 2 heterocycles. The summed E-state index contributed by atoms with van der Waals surface area (Å²) < 4.78 is 2.98. The second-order valence-electron chi connectivity index (χ2n) is 4.20. The van der Waals surface area contributed by atoms with Gasteiger partial charge in [-0.3, -0.25) is 0 Å². The molecular weight excluding hydrogens is 370 g/mol. The summed E-state index contributed by atoms with van der Waals surface area (Å²) >= 11 is 6.39. The first-order valence-corrected chi connectivity index (χ1v) is 8.76. The lowest BCUT2D eigenvalue weighted by atomic mass is 10.3. The fraction of sp³-hybridized carbons (Fsp3) is 0.0714. The maximum Gasteiger partial charge on any atom is 0.317 e. The number of para-hydroxylation sites is 1. The van der Waals surface area contributed by atoms with E-state index < -0.39 is 0 Å². The minimum absolute atomic E-state index is 0.0576. The van der Waals surface area contributed by atoms with Crippen LogP contribution in [0.2, 0.25) is 0 Å². The Morgan fingerprint density at radius 3 is 2.95 bits per heavy atom. The highest BCUT2D eigenvalue weighted by molar-refractivity contribution is 9.10. The lowest BCUT2D eigenvalue weighted by molar-refractivity contribution is -0.361. The van der Waals surface area contributed by atoms with Gasteiger partial charge in [0.25, 0.3) is 5.82 Å². The lowest BCUT2D eigenvalue weighted by Crippen LogP contribution is -2.20. The van der Waals surface area contributed by atoms with Crippen LogP contribution < -0.4 is 10.3 Å². The molecule has 0 aliphatic heterocycles. The Balaban J connectivity index is 1.59. The lowest BCUT2D eigenvalue weighted by Gasteiger charge is -1.96. The van der Waals surface area contributed by atoms with Gasteiger partial charge in [0.15, 0.2) is 4.34 Å². The van der Waals surface area contributed by atoms with Gasteiger partial charge in [-0.15, -0.1) is 11.3 Å². The molecule has 0 fully saturated rings. The number of nitrogens with one attached hydrogen (secondary N) is 2. The molecule has 2 N–H and O–H groups in total. The van der Waals surface area contributed by atoms with Crippen molar-refractivity contribution in [2.24, 2.45) is 0 Å². The number of pyridine rings is 1. The molecule has 0 unspecified atom stereocenters. The van der Waals surface area contributed by atoms with Gasteiger partial charge in [0.05, 0.1) is 14.7 Å². The molecule has 0 atom stereocenters. The molecule has 0 bridgehead atoms. The molecule has 0 aliphatic rings. The van der Waals surface area contributed by atoms with Gasteiger partial charge in [0, 0.05) is 6.07 Å². The first-order chi connectivity index (χ1) is 10.2. The summed E-state index contributed by atoms with van der Waals surface area (Å²) in [5.74, 6) is 0.954. The van der Waals surface area contributed by atoms with Crippen LogP contribution in [0.15, 0.2) is 51.4 Å². The molecular formula is C14H11BrN3OS2+. The van der Waals surface area contributed by atoms with Gasteiger partial charge in [-0.2, -0.15) is 0 Å². The minimum atomic E-state index is -0.0576. The highest BCUT2D eigenvalue weighted by atomic mass is 79.9. The number of H-pyrrole nitrogens is 1. The number of fused-ring (bicyclic) bond motifs is 1. The molecule has 0 saturated heterocycles. The van der Waals surface area contributed by atoms with E-state index in [1.807, 2.05) is 36.4 Å². The van der Waals surface area contributed by atoms with Gasteiger partial charge >= 0.3 is 5.91 Å². The predicted octanol–water partition coefficient (Wildman–Crippen LogP) is 3.60. The molecule has 1 aromatic carbocycles. The number of carbonyl (C=O) groups excluding carboxylic acids is 1. The Bertz CT molecular complexity index is 740. The fourth-order valence-corrected chi connectivity index (χ4v) is 3.83. The molecule has 7 heteroatoms. The van der Waals surface area contributed by atoms with Crippen LogP contribution in [-0.2, 0) is 4.79 Å². The molecule has 2 aromatic heterocycles. The Labute approximate surface area is 138 Å². The van der Waals surface area contributed by atoms with Crippen LogP contribution in [0.1, 0.15) is 0 Å². The van der Waals surface area contributed by atoms with Crippen LogP contribution in [0.5, 0.6) is 0 Å². The second kappa shape index (κ2) is 6.55. The van der Waals surface area contributed by atoms with Crippen molar-refractivity contribution in [3.8, 4) is 0 Å². The number of hydrogen-bond donors (Lipinski definition) is 1. The van der Waals surface area contributed by atoms with Crippen molar-refractivity contribution >= 4 is 61.0 Å². The second-order valence-corrected chi connectivity index (χ2v) is 7.37. The molecule has 0 spiro atoms. The van der Waals surface area contributed by atoms with E-state index in [9.17, 15) is 4.79 Å². The number of anilines is 1. The highest BCUT2D eigenvalue weighted by Crippen LogP contribution is 2.29. The molecule has 0 radical (unpaired) electrons. The zero-order valence-electron chi connectivity index (χ0n) is 10.8. The summed E-state index contributed by atoms with van der Waals surface area (Å²) in [7, 11) is 0. The molecule has 21 heavy (non-hydrogen) atoms. The number of thioether (sulfide) groups is 1. The van der Waals surface area contributed by atoms with Crippen LogP contribution >= 0.6 is 39.0 Å². The van der Waals surface area contributed by atoms with Gasteiger partial charge < -0.3 is 0 Å². The first-order valence-electron chi connectivity index (χ1n) is 6.16. The van der Waals surface area contributed by atoms with Gasteiger partial charge in [-0.25, -0.2) is 20.1 Å². The van der Waals surface area contributed by atoms with Gasteiger partial charge in [-0.05, 0) is 34.1 Å². The highest BCUT2D eigenvalue weighted by Gasteiger charge is 2.12.